The molecule has 1 aliphatic rings. The summed E-state index contributed by atoms with van der Waals surface area (Å²) in [6.45, 7) is 2.90. The maximum atomic E-state index is 10.5. The average molecular weight is 248 g/mol. The minimum Gasteiger partial charge on any atom is -0.388 e. The summed E-state index contributed by atoms with van der Waals surface area (Å²) in [5.74, 6) is 1.17. The van der Waals surface area contributed by atoms with Gasteiger partial charge in [0.2, 0.25) is 0 Å². The van der Waals surface area contributed by atoms with E-state index in [1.165, 1.54) is 12.8 Å². The summed E-state index contributed by atoms with van der Waals surface area (Å²) >= 11 is 0. The number of rotatable bonds is 4. The Bertz CT molecular complexity index is 375. The summed E-state index contributed by atoms with van der Waals surface area (Å²) in [6, 6.07) is 8.17. The molecule has 1 aliphatic carbocycles. The van der Waals surface area contributed by atoms with Crippen LogP contribution < -0.4 is 0 Å². The van der Waals surface area contributed by atoms with Crippen LogP contribution in [0, 0.1) is 11.8 Å². The lowest BCUT2D eigenvalue weighted by Gasteiger charge is -2.30. The topological polar surface area (TPSA) is 29.5 Å². The molecule has 18 heavy (non-hydrogen) atoms. The zero-order chi connectivity index (χ0) is 13.0. The zero-order valence-corrected chi connectivity index (χ0v) is 11.4. The molecule has 0 radical (unpaired) electrons. The average Bonchev–Trinajstić information content (AvgIpc) is 2.39. The van der Waals surface area contributed by atoms with E-state index in [1.807, 2.05) is 18.2 Å². The van der Waals surface area contributed by atoms with Crippen molar-refractivity contribution < 1.29 is 9.84 Å². The smallest absolute Gasteiger partial charge is 0.0818 e. The summed E-state index contributed by atoms with van der Waals surface area (Å²) in [4.78, 5) is 0. The number of aliphatic hydroxyl groups excluding tert-OH is 1. The van der Waals surface area contributed by atoms with Crippen molar-refractivity contribution in [3.8, 4) is 0 Å². The molecule has 0 amide bonds. The van der Waals surface area contributed by atoms with Crippen LogP contribution in [0.15, 0.2) is 24.3 Å². The Morgan fingerprint density at radius 1 is 1.39 bits per heavy atom. The summed E-state index contributed by atoms with van der Waals surface area (Å²) in [5, 5.41) is 10.5. The van der Waals surface area contributed by atoms with Crippen LogP contribution in [0.3, 0.4) is 0 Å². The van der Waals surface area contributed by atoms with Crippen LogP contribution in [0.1, 0.15) is 49.8 Å². The number of ether oxygens (including phenoxy) is 1. The van der Waals surface area contributed by atoms with E-state index in [9.17, 15) is 5.11 Å². The number of hydrogen-bond donors (Lipinski definition) is 1. The number of methoxy groups -OCH3 is 1. The Balaban J connectivity index is 2.07. The van der Waals surface area contributed by atoms with Gasteiger partial charge in [-0.15, -0.1) is 0 Å². The highest BCUT2D eigenvalue weighted by Crippen LogP contribution is 2.37. The molecule has 0 aromatic heterocycles. The molecule has 2 nitrogen and oxygen atoms in total. The molecule has 1 aromatic carbocycles. The molecule has 1 N–H and O–H groups in total. The lowest BCUT2D eigenvalue weighted by atomic mass is 9.78. The Labute approximate surface area is 110 Å². The quantitative estimate of drug-likeness (QED) is 0.880. The Hall–Kier alpha value is -0.860. The molecule has 1 fully saturated rings. The fourth-order valence-electron chi connectivity index (χ4n) is 3.07. The van der Waals surface area contributed by atoms with Crippen LogP contribution >= 0.6 is 0 Å². The molecule has 100 valence electrons. The fourth-order valence-corrected chi connectivity index (χ4v) is 3.07. The van der Waals surface area contributed by atoms with Gasteiger partial charge in [0.15, 0.2) is 0 Å². The normalized spacial score (nSPS) is 25.9. The molecule has 0 heterocycles. The number of benzene rings is 1. The van der Waals surface area contributed by atoms with E-state index in [0.29, 0.717) is 12.5 Å². The SMILES string of the molecule is COCc1cccc(C(O)C2CCCC(C)C2)c1. The minimum absolute atomic E-state index is 0.315. The van der Waals surface area contributed by atoms with E-state index in [4.69, 9.17) is 4.74 Å². The van der Waals surface area contributed by atoms with Crippen LogP contribution in [-0.2, 0) is 11.3 Å². The van der Waals surface area contributed by atoms with Crippen molar-refractivity contribution in [2.75, 3.05) is 7.11 Å². The highest BCUT2D eigenvalue weighted by atomic mass is 16.5. The lowest BCUT2D eigenvalue weighted by Crippen LogP contribution is -2.20. The van der Waals surface area contributed by atoms with Gasteiger partial charge in [-0.05, 0) is 35.8 Å². The third kappa shape index (κ3) is 3.33. The summed E-state index contributed by atoms with van der Waals surface area (Å²) in [6.07, 6.45) is 4.55. The van der Waals surface area contributed by atoms with Crippen LogP contribution in [0.5, 0.6) is 0 Å². The maximum Gasteiger partial charge on any atom is 0.0818 e. The minimum atomic E-state index is -0.315. The molecule has 0 spiro atoms. The first-order valence-corrected chi connectivity index (χ1v) is 6.96. The van der Waals surface area contributed by atoms with Crippen molar-refractivity contribution in [1.29, 1.82) is 0 Å². The molecule has 1 saturated carbocycles. The van der Waals surface area contributed by atoms with Crippen LogP contribution in [0.2, 0.25) is 0 Å². The number of hydrogen-bond acceptors (Lipinski definition) is 2. The molecular weight excluding hydrogens is 224 g/mol. The van der Waals surface area contributed by atoms with E-state index < -0.39 is 0 Å². The lowest BCUT2D eigenvalue weighted by molar-refractivity contribution is 0.0712. The molecule has 0 saturated heterocycles. The Kier molecular flexibility index (Phi) is 4.79. The van der Waals surface area contributed by atoms with Crippen molar-refractivity contribution in [2.45, 2.75) is 45.3 Å². The van der Waals surface area contributed by atoms with Gasteiger partial charge in [-0.3, -0.25) is 0 Å². The summed E-state index contributed by atoms with van der Waals surface area (Å²) in [5.41, 5.74) is 2.18. The van der Waals surface area contributed by atoms with Crippen molar-refractivity contribution in [1.82, 2.24) is 0 Å². The van der Waals surface area contributed by atoms with Crippen LogP contribution in [0.25, 0.3) is 0 Å². The standard InChI is InChI=1S/C16H24O2/c1-12-5-3-7-14(9-12)16(17)15-8-4-6-13(10-15)11-18-2/h4,6,8,10,12,14,16-17H,3,5,7,9,11H2,1-2H3. The highest BCUT2D eigenvalue weighted by Gasteiger charge is 2.26. The van der Waals surface area contributed by atoms with E-state index in [1.54, 1.807) is 7.11 Å². The van der Waals surface area contributed by atoms with Crippen molar-refractivity contribution in [3.63, 3.8) is 0 Å². The predicted octanol–water partition coefficient (Wildman–Crippen LogP) is 3.69. The maximum absolute atomic E-state index is 10.5. The summed E-state index contributed by atoms with van der Waals surface area (Å²) < 4.78 is 5.14. The second-order valence-corrected chi connectivity index (χ2v) is 5.65. The molecule has 0 bridgehead atoms. The van der Waals surface area contributed by atoms with E-state index >= 15 is 0 Å². The van der Waals surface area contributed by atoms with E-state index in [0.717, 1.165) is 29.9 Å². The third-order valence-corrected chi connectivity index (χ3v) is 4.03. The van der Waals surface area contributed by atoms with Gasteiger partial charge in [0, 0.05) is 7.11 Å². The second-order valence-electron chi connectivity index (χ2n) is 5.65. The molecule has 2 rings (SSSR count). The van der Waals surface area contributed by atoms with Gasteiger partial charge in [-0.25, -0.2) is 0 Å². The van der Waals surface area contributed by atoms with Crippen LogP contribution in [-0.4, -0.2) is 12.2 Å². The van der Waals surface area contributed by atoms with Crippen molar-refractivity contribution in [3.05, 3.63) is 35.4 Å². The predicted molar refractivity (Wildman–Crippen MR) is 73.2 cm³/mol. The molecular formula is C16H24O2. The summed E-state index contributed by atoms with van der Waals surface area (Å²) in [7, 11) is 1.70. The molecule has 1 aromatic rings. The number of aliphatic hydroxyl groups is 1. The van der Waals surface area contributed by atoms with Crippen molar-refractivity contribution in [2.24, 2.45) is 11.8 Å². The Morgan fingerprint density at radius 3 is 2.94 bits per heavy atom. The first kappa shape index (κ1) is 13.6. The van der Waals surface area contributed by atoms with Gasteiger partial charge in [-0.2, -0.15) is 0 Å². The van der Waals surface area contributed by atoms with Gasteiger partial charge in [-0.1, -0.05) is 44.0 Å². The Morgan fingerprint density at radius 2 is 2.22 bits per heavy atom. The molecule has 0 aliphatic heterocycles. The largest absolute Gasteiger partial charge is 0.388 e. The van der Waals surface area contributed by atoms with Gasteiger partial charge >= 0.3 is 0 Å². The molecule has 3 unspecified atom stereocenters. The van der Waals surface area contributed by atoms with Crippen LogP contribution in [0.4, 0.5) is 0 Å². The first-order chi connectivity index (χ1) is 8.70. The van der Waals surface area contributed by atoms with E-state index in [2.05, 4.69) is 13.0 Å². The second kappa shape index (κ2) is 6.35. The van der Waals surface area contributed by atoms with Gasteiger partial charge in [0.05, 0.1) is 12.7 Å². The molecule has 2 heteroatoms. The van der Waals surface area contributed by atoms with Crippen molar-refractivity contribution >= 4 is 0 Å². The van der Waals surface area contributed by atoms with Gasteiger partial charge in [0.25, 0.3) is 0 Å². The third-order valence-electron chi connectivity index (χ3n) is 4.03. The first-order valence-electron chi connectivity index (χ1n) is 6.96. The zero-order valence-electron chi connectivity index (χ0n) is 11.4. The van der Waals surface area contributed by atoms with Gasteiger partial charge in [0.1, 0.15) is 0 Å². The monoisotopic (exact) mass is 248 g/mol. The highest BCUT2D eigenvalue weighted by molar-refractivity contribution is 5.25. The van der Waals surface area contributed by atoms with E-state index in [-0.39, 0.29) is 6.10 Å². The van der Waals surface area contributed by atoms with Gasteiger partial charge < -0.3 is 9.84 Å². The fraction of sp³-hybridized carbons (Fsp3) is 0.625. The molecule has 3 atom stereocenters.